The maximum absolute atomic E-state index is 13.4. The van der Waals surface area contributed by atoms with E-state index < -0.39 is 47.8 Å². The van der Waals surface area contributed by atoms with E-state index in [0.29, 0.717) is 25.0 Å². The van der Waals surface area contributed by atoms with Crippen molar-refractivity contribution in [3.05, 3.63) is 71.8 Å². The lowest BCUT2D eigenvalue weighted by molar-refractivity contribution is -0.133. The molecule has 0 aliphatic carbocycles. The quantitative estimate of drug-likeness (QED) is 0.0674. The molecule has 0 fully saturated rings. The van der Waals surface area contributed by atoms with Crippen LogP contribution in [-0.2, 0) is 32.0 Å². The standard InChI is InChI=1S/C29H42N8O4S/c1-42-16-14-23(35-26(39)21(30)17-19-9-4-2-5-10-19)28(41)36-22(13-8-15-34-29(32)33)27(40)37-24(25(31)38)18-20-11-6-3-7-12-20/h2-7,9-12,21-24H,8,13-18,30H2,1H3,(H2,31,38)(H,35,39)(H,36,41)(H,37,40)(H4,32,33,34)/t21-,22-,23+,24+/m1/s1. The molecular weight excluding hydrogens is 556 g/mol. The predicted molar refractivity (Wildman–Crippen MR) is 166 cm³/mol. The van der Waals surface area contributed by atoms with Crippen LogP contribution in [0.25, 0.3) is 0 Å². The van der Waals surface area contributed by atoms with E-state index in [0.717, 1.165) is 11.1 Å². The van der Waals surface area contributed by atoms with Crippen LogP contribution in [0.3, 0.4) is 0 Å². The van der Waals surface area contributed by atoms with Crippen molar-refractivity contribution in [2.45, 2.75) is 56.3 Å². The SMILES string of the molecule is CSCC[C@H](NC(=O)[C@H](N)Cc1ccccc1)C(=O)N[C@H](CCCN=C(N)N)C(=O)N[C@@H](Cc1ccccc1)C(N)=O. The summed E-state index contributed by atoms with van der Waals surface area (Å²) >= 11 is 1.51. The fourth-order valence-electron chi connectivity index (χ4n) is 4.13. The summed E-state index contributed by atoms with van der Waals surface area (Å²) in [4.78, 5) is 55.8. The number of nitrogens with two attached hydrogens (primary N) is 4. The number of carbonyl (C=O) groups excluding carboxylic acids is 4. The molecule has 0 heterocycles. The minimum atomic E-state index is -1.05. The number of hydrogen-bond acceptors (Lipinski definition) is 7. The lowest BCUT2D eigenvalue weighted by Crippen LogP contribution is -2.58. The average molecular weight is 599 g/mol. The van der Waals surface area contributed by atoms with Gasteiger partial charge in [0, 0.05) is 13.0 Å². The number of guanidine groups is 1. The van der Waals surface area contributed by atoms with E-state index >= 15 is 0 Å². The van der Waals surface area contributed by atoms with Gasteiger partial charge in [0.05, 0.1) is 6.04 Å². The van der Waals surface area contributed by atoms with Crippen molar-refractivity contribution < 1.29 is 19.2 Å². The molecule has 0 saturated heterocycles. The van der Waals surface area contributed by atoms with Crippen molar-refractivity contribution in [3.8, 4) is 0 Å². The predicted octanol–water partition coefficient (Wildman–Crippen LogP) is -0.454. The van der Waals surface area contributed by atoms with Crippen LogP contribution in [0.1, 0.15) is 30.4 Å². The Morgan fingerprint density at radius 2 is 1.24 bits per heavy atom. The minimum absolute atomic E-state index is 0.0941. The molecule has 0 saturated carbocycles. The Hall–Kier alpha value is -4.10. The van der Waals surface area contributed by atoms with Gasteiger partial charge < -0.3 is 38.9 Å². The molecule has 2 rings (SSSR count). The maximum atomic E-state index is 13.4. The Labute approximate surface area is 250 Å². The molecule has 0 aliphatic rings. The summed E-state index contributed by atoms with van der Waals surface area (Å²) in [5, 5.41) is 8.14. The summed E-state index contributed by atoms with van der Waals surface area (Å²) in [6, 6.07) is 14.6. The number of amides is 4. The Morgan fingerprint density at radius 1 is 0.738 bits per heavy atom. The van der Waals surface area contributed by atoms with Crippen LogP contribution < -0.4 is 38.9 Å². The van der Waals surface area contributed by atoms with Crippen LogP contribution in [0.4, 0.5) is 0 Å². The molecule has 12 nitrogen and oxygen atoms in total. The molecule has 228 valence electrons. The van der Waals surface area contributed by atoms with Crippen molar-refractivity contribution in [2.75, 3.05) is 18.6 Å². The van der Waals surface area contributed by atoms with Crippen molar-refractivity contribution in [1.29, 1.82) is 0 Å². The molecule has 4 amide bonds. The van der Waals surface area contributed by atoms with Gasteiger partial charge in [-0.2, -0.15) is 11.8 Å². The zero-order valence-corrected chi connectivity index (χ0v) is 24.6. The van der Waals surface area contributed by atoms with Gasteiger partial charge in [-0.25, -0.2) is 0 Å². The molecule has 42 heavy (non-hydrogen) atoms. The highest BCUT2D eigenvalue weighted by Gasteiger charge is 2.30. The maximum Gasteiger partial charge on any atom is 0.243 e. The summed E-state index contributed by atoms with van der Waals surface area (Å²) in [7, 11) is 0. The fraction of sp³-hybridized carbons (Fsp3) is 0.414. The average Bonchev–Trinajstić information content (AvgIpc) is 2.96. The first kappa shape index (κ1) is 34.1. The number of primary amides is 1. The first-order chi connectivity index (χ1) is 20.1. The van der Waals surface area contributed by atoms with Crippen molar-refractivity contribution in [2.24, 2.45) is 27.9 Å². The van der Waals surface area contributed by atoms with Crippen LogP contribution in [0, 0.1) is 0 Å². The largest absolute Gasteiger partial charge is 0.370 e. The third-order valence-electron chi connectivity index (χ3n) is 6.40. The molecule has 0 aromatic heterocycles. The summed E-state index contributed by atoms with van der Waals surface area (Å²) < 4.78 is 0. The first-order valence-electron chi connectivity index (χ1n) is 13.7. The molecule has 0 spiro atoms. The zero-order chi connectivity index (χ0) is 30.9. The van der Waals surface area contributed by atoms with E-state index in [2.05, 4.69) is 20.9 Å². The van der Waals surface area contributed by atoms with Gasteiger partial charge in [-0.15, -0.1) is 0 Å². The molecule has 13 heteroatoms. The van der Waals surface area contributed by atoms with Crippen LogP contribution >= 0.6 is 11.8 Å². The van der Waals surface area contributed by atoms with E-state index in [4.69, 9.17) is 22.9 Å². The zero-order valence-electron chi connectivity index (χ0n) is 23.8. The Bertz CT molecular complexity index is 1180. The smallest absolute Gasteiger partial charge is 0.243 e. The summed E-state index contributed by atoms with van der Waals surface area (Å²) in [5.41, 5.74) is 24.2. The Balaban J connectivity index is 2.15. The van der Waals surface area contributed by atoms with E-state index in [-0.39, 0.29) is 25.3 Å². The van der Waals surface area contributed by atoms with E-state index in [9.17, 15) is 19.2 Å². The number of aliphatic imine (C=N–C) groups is 1. The fourth-order valence-corrected chi connectivity index (χ4v) is 4.60. The lowest BCUT2D eigenvalue weighted by atomic mass is 10.0. The topological polar surface area (TPSA) is 221 Å². The molecule has 0 radical (unpaired) electrons. The van der Waals surface area contributed by atoms with Gasteiger partial charge in [0.2, 0.25) is 23.6 Å². The molecular formula is C29H42N8O4S. The molecule has 0 bridgehead atoms. The van der Waals surface area contributed by atoms with Gasteiger partial charge in [-0.1, -0.05) is 60.7 Å². The van der Waals surface area contributed by atoms with Crippen LogP contribution in [0.5, 0.6) is 0 Å². The van der Waals surface area contributed by atoms with Crippen molar-refractivity contribution in [3.63, 3.8) is 0 Å². The normalized spacial score (nSPS) is 13.6. The van der Waals surface area contributed by atoms with Gasteiger partial charge in [0.25, 0.3) is 0 Å². The second-order valence-corrected chi connectivity index (χ2v) is 10.8. The molecule has 4 atom stereocenters. The van der Waals surface area contributed by atoms with Crippen LogP contribution in [-0.4, -0.2) is 72.3 Å². The molecule has 2 aromatic rings. The number of nitrogens with one attached hydrogen (secondary N) is 3. The number of carbonyl (C=O) groups is 4. The number of nitrogens with zero attached hydrogens (tertiary/aromatic N) is 1. The van der Waals surface area contributed by atoms with Crippen LogP contribution in [0.2, 0.25) is 0 Å². The van der Waals surface area contributed by atoms with Gasteiger partial charge in [-0.05, 0) is 48.8 Å². The van der Waals surface area contributed by atoms with E-state index in [1.165, 1.54) is 11.8 Å². The monoisotopic (exact) mass is 598 g/mol. The van der Waals surface area contributed by atoms with Crippen molar-refractivity contribution >= 4 is 41.4 Å². The molecule has 0 unspecified atom stereocenters. The second-order valence-electron chi connectivity index (χ2n) is 9.80. The third-order valence-corrected chi connectivity index (χ3v) is 7.04. The van der Waals surface area contributed by atoms with E-state index in [1.807, 2.05) is 66.9 Å². The van der Waals surface area contributed by atoms with Gasteiger partial charge in [-0.3, -0.25) is 24.2 Å². The highest BCUT2D eigenvalue weighted by molar-refractivity contribution is 7.98. The summed E-state index contributed by atoms with van der Waals surface area (Å²) in [6.07, 6.45) is 3.21. The first-order valence-corrected chi connectivity index (χ1v) is 15.1. The minimum Gasteiger partial charge on any atom is -0.370 e. The van der Waals surface area contributed by atoms with Gasteiger partial charge in [0.15, 0.2) is 5.96 Å². The van der Waals surface area contributed by atoms with Gasteiger partial charge in [0.1, 0.15) is 18.1 Å². The summed E-state index contributed by atoms with van der Waals surface area (Å²) in [5.74, 6) is -1.85. The highest BCUT2D eigenvalue weighted by Crippen LogP contribution is 2.08. The van der Waals surface area contributed by atoms with Gasteiger partial charge >= 0.3 is 0 Å². The number of rotatable bonds is 18. The van der Waals surface area contributed by atoms with Crippen LogP contribution in [0.15, 0.2) is 65.7 Å². The lowest BCUT2D eigenvalue weighted by Gasteiger charge is -2.25. The highest BCUT2D eigenvalue weighted by atomic mass is 32.2. The van der Waals surface area contributed by atoms with Crippen molar-refractivity contribution in [1.82, 2.24) is 16.0 Å². The Morgan fingerprint density at radius 3 is 1.76 bits per heavy atom. The number of thioether (sulfide) groups is 1. The molecule has 2 aromatic carbocycles. The van der Waals surface area contributed by atoms with E-state index in [1.54, 1.807) is 0 Å². The number of hydrogen-bond donors (Lipinski definition) is 7. The second kappa shape index (κ2) is 18.4. The number of benzene rings is 2. The third kappa shape index (κ3) is 12.6. The summed E-state index contributed by atoms with van der Waals surface area (Å²) in [6.45, 7) is 0.228. The Kier molecular flexibility index (Phi) is 14.9. The molecule has 0 aliphatic heterocycles. The molecule has 11 N–H and O–H groups in total.